The average molecular weight is 466 g/mol. The Labute approximate surface area is 201 Å². The minimum absolute atomic E-state index is 0.0112. The van der Waals surface area contributed by atoms with Gasteiger partial charge in [-0.25, -0.2) is 0 Å². The topological polar surface area (TPSA) is 86.8 Å². The highest BCUT2D eigenvalue weighted by atomic mass is 16.2. The van der Waals surface area contributed by atoms with Crippen molar-refractivity contribution in [3.8, 4) is 0 Å². The number of carbonyl (C=O) groups excluding carboxylic acids is 4. The lowest BCUT2D eigenvalue weighted by molar-refractivity contribution is -0.144. The predicted molar refractivity (Wildman–Crippen MR) is 128 cm³/mol. The van der Waals surface area contributed by atoms with Crippen molar-refractivity contribution in [1.29, 1.82) is 0 Å². The molecule has 1 aliphatic heterocycles. The molecule has 0 aromatic heterocycles. The van der Waals surface area contributed by atoms with E-state index in [1.807, 2.05) is 43.3 Å². The Bertz CT molecular complexity index is 956. The van der Waals surface area contributed by atoms with Crippen LogP contribution < -0.4 is 5.32 Å². The summed E-state index contributed by atoms with van der Waals surface area (Å²) < 4.78 is 0. The number of amides is 4. The second-order valence-corrected chi connectivity index (χ2v) is 9.85. The fourth-order valence-corrected chi connectivity index (χ4v) is 5.39. The summed E-state index contributed by atoms with van der Waals surface area (Å²) in [7, 11) is 0. The predicted octanol–water partition coefficient (Wildman–Crippen LogP) is 3.11. The third kappa shape index (κ3) is 5.08. The monoisotopic (exact) mass is 465 g/mol. The fraction of sp³-hybridized carbons (Fsp3) is 0.556. The highest BCUT2D eigenvalue weighted by Crippen LogP contribution is 2.35. The standard InChI is InChI=1S/C27H35N3O4/c1-18-9-3-4-10-20(18)17-30(19(2)25(32)28-21-11-5-6-12-21)24(31)15-16-29-26(33)22-13-7-8-14-23(22)27(29)34/h3-4,7-10,19,21-23H,5-6,11-17H2,1-2H3,(H,28,32)/t19?,22-,23+. The lowest BCUT2D eigenvalue weighted by Crippen LogP contribution is -2.50. The molecule has 0 spiro atoms. The molecule has 1 saturated carbocycles. The number of allylic oxidation sites excluding steroid dienone is 2. The molecule has 1 N–H and O–H groups in total. The van der Waals surface area contributed by atoms with Gasteiger partial charge in [-0.2, -0.15) is 0 Å². The summed E-state index contributed by atoms with van der Waals surface area (Å²) in [6.07, 6.45) is 9.25. The molecule has 7 heteroatoms. The van der Waals surface area contributed by atoms with Gasteiger partial charge in [-0.1, -0.05) is 49.3 Å². The molecule has 34 heavy (non-hydrogen) atoms. The van der Waals surface area contributed by atoms with Crippen molar-refractivity contribution in [2.75, 3.05) is 6.54 Å². The number of likely N-dealkylation sites (tertiary alicyclic amines) is 1. The summed E-state index contributed by atoms with van der Waals surface area (Å²) in [4.78, 5) is 54.9. The molecule has 2 aliphatic carbocycles. The number of hydrogen-bond donors (Lipinski definition) is 1. The lowest BCUT2D eigenvalue weighted by atomic mass is 9.85. The van der Waals surface area contributed by atoms with Crippen LogP contribution in [0.5, 0.6) is 0 Å². The number of nitrogens with zero attached hydrogens (tertiary/aromatic N) is 2. The van der Waals surface area contributed by atoms with Gasteiger partial charge in [0.05, 0.1) is 11.8 Å². The van der Waals surface area contributed by atoms with E-state index < -0.39 is 6.04 Å². The number of fused-ring (bicyclic) bond motifs is 1. The van der Waals surface area contributed by atoms with Gasteiger partial charge in [0, 0.05) is 25.6 Å². The number of imide groups is 1. The quantitative estimate of drug-likeness (QED) is 0.472. The SMILES string of the molecule is Cc1ccccc1CN(C(=O)CCN1C(=O)[C@H]2CC=CC[C@H]2C1=O)C(C)C(=O)NC1CCCC1. The lowest BCUT2D eigenvalue weighted by Gasteiger charge is -2.30. The van der Waals surface area contributed by atoms with Gasteiger partial charge in [-0.15, -0.1) is 0 Å². The molecular weight excluding hydrogens is 430 g/mol. The second kappa shape index (κ2) is 10.5. The number of hydrogen-bond acceptors (Lipinski definition) is 4. The van der Waals surface area contributed by atoms with Crippen LogP contribution in [0.3, 0.4) is 0 Å². The maximum absolute atomic E-state index is 13.4. The van der Waals surface area contributed by atoms with Gasteiger partial charge in [0.1, 0.15) is 6.04 Å². The van der Waals surface area contributed by atoms with Crippen LogP contribution in [0.4, 0.5) is 0 Å². The number of benzene rings is 1. The van der Waals surface area contributed by atoms with Gasteiger partial charge in [-0.3, -0.25) is 24.1 Å². The molecule has 0 radical (unpaired) electrons. The van der Waals surface area contributed by atoms with E-state index in [4.69, 9.17) is 0 Å². The van der Waals surface area contributed by atoms with Crippen LogP contribution in [0.25, 0.3) is 0 Å². The largest absolute Gasteiger partial charge is 0.352 e. The molecule has 1 aromatic rings. The molecule has 0 bridgehead atoms. The number of rotatable bonds is 8. The molecule has 1 unspecified atom stereocenters. The first-order valence-electron chi connectivity index (χ1n) is 12.5. The van der Waals surface area contributed by atoms with Crippen LogP contribution in [-0.2, 0) is 25.7 Å². The van der Waals surface area contributed by atoms with E-state index in [0.717, 1.165) is 36.8 Å². The van der Waals surface area contributed by atoms with Crippen LogP contribution >= 0.6 is 0 Å². The van der Waals surface area contributed by atoms with E-state index in [1.165, 1.54) is 4.90 Å². The zero-order chi connectivity index (χ0) is 24.2. The Balaban J connectivity index is 1.45. The Kier molecular flexibility index (Phi) is 7.49. The highest BCUT2D eigenvalue weighted by Gasteiger charge is 2.47. The van der Waals surface area contributed by atoms with Crippen LogP contribution in [0.1, 0.15) is 63.0 Å². The fourth-order valence-electron chi connectivity index (χ4n) is 5.39. The van der Waals surface area contributed by atoms with Crippen molar-refractivity contribution in [2.45, 2.75) is 77.4 Å². The first-order chi connectivity index (χ1) is 16.4. The Morgan fingerprint density at radius 1 is 1.06 bits per heavy atom. The summed E-state index contributed by atoms with van der Waals surface area (Å²) in [5, 5.41) is 3.10. The third-order valence-electron chi connectivity index (χ3n) is 7.62. The van der Waals surface area contributed by atoms with Crippen molar-refractivity contribution in [2.24, 2.45) is 11.8 Å². The van der Waals surface area contributed by atoms with Crippen molar-refractivity contribution in [1.82, 2.24) is 15.1 Å². The Morgan fingerprint density at radius 3 is 2.29 bits per heavy atom. The molecule has 182 valence electrons. The smallest absolute Gasteiger partial charge is 0.242 e. The molecule has 1 heterocycles. The van der Waals surface area contributed by atoms with Gasteiger partial charge in [0.25, 0.3) is 0 Å². The Morgan fingerprint density at radius 2 is 1.68 bits per heavy atom. The second-order valence-electron chi connectivity index (χ2n) is 9.85. The minimum Gasteiger partial charge on any atom is -0.352 e. The molecule has 2 fully saturated rings. The number of aryl methyl sites for hydroxylation is 1. The summed E-state index contributed by atoms with van der Waals surface area (Å²) in [5.41, 5.74) is 2.02. The van der Waals surface area contributed by atoms with Crippen molar-refractivity contribution in [3.05, 3.63) is 47.5 Å². The summed E-state index contributed by atoms with van der Waals surface area (Å²) in [5.74, 6) is -1.34. The van der Waals surface area contributed by atoms with E-state index in [0.29, 0.717) is 19.4 Å². The normalized spacial score (nSPS) is 23.2. The van der Waals surface area contributed by atoms with Gasteiger partial charge in [0.15, 0.2) is 0 Å². The van der Waals surface area contributed by atoms with E-state index in [9.17, 15) is 19.2 Å². The van der Waals surface area contributed by atoms with E-state index in [1.54, 1.807) is 11.8 Å². The van der Waals surface area contributed by atoms with Crippen LogP contribution in [0, 0.1) is 18.8 Å². The zero-order valence-corrected chi connectivity index (χ0v) is 20.2. The van der Waals surface area contributed by atoms with Crippen molar-refractivity contribution < 1.29 is 19.2 Å². The molecule has 3 aliphatic rings. The molecule has 1 aromatic carbocycles. The highest BCUT2D eigenvalue weighted by molar-refractivity contribution is 6.05. The number of carbonyl (C=O) groups is 4. The van der Waals surface area contributed by atoms with E-state index in [-0.39, 0.29) is 54.5 Å². The molecule has 1 saturated heterocycles. The van der Waals surface area contributed by atoms with Crippen molar-refractivity contribution >= 4 is 23.6 Å². The molecular formula is C27H35N3O4. The average Bonchev–Trinajstić information content (AvgIpc) is 3.43. The maximum Gasteiger partial charge on any atom is 0.242 e. The molecule has 3 atom stereocenters. The van der Waals surface area contributed by atoms with E-state index in [2.05, 4.69) is 5.32 Å². The van der Waals surface area contributed by atoms with Gasteiger partial charge >= 0.3 is 0 Å². The summed E-state index contributed by atoms with van der Waals surface area (Å²) in [6.45, 7) is 4.11. The summed E-state index contributed by atoms with van der Waals surface area (Å²) in [6, 6.07) is 7.33. The van der Waals surface area contributed by atoms with Crippen molar-refractivity contribution in [3.63, 3.8) is 0 Å². The van der Waals surface area contributed by atoms with Crippen LogP contribution in [-0.4, -0.2) is 52.1 Å². The molecule has 4 rings (SSSR count). The molecule has 7 nitrogen and oxygen atoms in total. The van der Waals surface area contributed by atoms with Crippen LogP contribution in [0.15, 0.2) is 36.4 Å². The third-order valence-corrected chi connectivity index (χ3v) is 7.62. The van der Waals surface area contributed by atoms with E-state index >= 15 is 0 Å². The van der Waals surface area contributed by atoms with Gasteiger partial charge in [0.2, 0.25) is 23.6 Å². The Hall–Kier alpha value is -2.96. The van der Waals surface area contributed by atoms with Gasteiger partial charge < -0.3 is 10.2 Å². The van der Waals surface area contributed by atoms with Crippen LogP contribution in [0.2, 0.25) is 0 Å². The zero-order valence-electron chi connectivity index (χ0n) is 20.2. The van der Waals surface area contributed by atoms with Gasteiger partial charge in [-0.05, 0) is 50.7 Å². The summed E-state index contributed by atoms with van der Waals surface area (Å²) >= 11 is 0. The minimum atomic E-state index is -0.649. The maximum atomic E-state index is 13.4. The first kappa shape index (κ1) is 24.2. The molecule has 4 amide bonds. The first-order valence-corrected chi connectivity index (χ1v) is 12.5. The number of nitrogens with one attached hydrogen (secondary N) is 1.